The van der Waals surface area contributed by atoms with Crippen LogP contribution in [0.3, 0.4) is 0 Å². The van der Waals surface area contributed by atoms with Gasteiger partial charge in [0.1, 0.15) is 6.04 Å². The second-order valence-corrected chi connectivity index (χ2v) is 7.55. The monoisotopic (exact) mass is 394 g/mol. The molecule has 2 amide bonds. The van der Waals surface area contributed by atoms with Gasteiger partial charge in [0.15, 0.2) is 0 Å². The first-order valence-corrected chi connectivity index (χ1v) is 10.7. The van der Waals surface area contributed by atoms with Crippen LogP contribution in [-0.4, -0.2) is 29.3 Å². The van der Waals surface area contributed by atoms with Crippen molar-refractivity contribution in [3.8, 4) is 0 Å². The fraction of sp³-hybridized carbons (Fsp3) is 0.440. The maximum absolute atomic E-state index is 13.1. The average molecular weight is 395 g/mol. The molecule has 2 aromatic rings. The van der Waals surface area contributed by atoms with E-state index in [0.29, 0.717) is 25.9 Å². The van der Waals surface area contributed by atoms with Crippen molar-refractivity contribution in [3.05, 3.63) is 71.3 Å². The summed E-state index contributed by atoms with van der Waals surface area (Å²) in [6.07, 6.45) is 3.67. The van der Waals surface area contributed by atoms with Gasteiger partial charge in [-0.25, -0.2) is 0 Å². The summed E-state index contributed by atoms with van der Waals surface area (Å²) in [5.41, 5.74) is 3.27. The van der Waals surface area contributed by atoms with Gasteiger partial charge >= 0.3 is 0 Å². The molecule has 0 unspecified atom stereocenters. The fourth-order valence-electron chi connectivity index (χ4n) is 3.39. The molecule has 4 nitrogen and oxygen atoms in total. The topological polar surface area (TPSA) is 49.4 Å². The molecule has 0 bridgehead atoms. The Hall–Kier alpha value is -2.62. The van der Waals surface area contributed by atoms with Crippen LogP contribution in [0.2, 0.25) is 0 Å². The summed E-state index contributed by atoms with van der Waals surface area (Å²) in [4.78, 5) is 28.0. The molecule has 0 aromatic heterocycles. The van der Waals surface area contributed by atoms with Crippen LogP contribution in [0, 0.1) is 6.92 Å². The molecule has 1 N–H and O–H groups in total. The van der Waals surface area contributed by atoms with E-state index in [1.54, 1.807) is 4.90 Å². The van der Waals surface area contributed by atoms with Gasteiger partial charge in [-0.1, -0.05) is 74.9 Å². The fourth-order valence-corrected chi connectivity index (χ4v) is 3.39. The van der Waals surface area contributed by atoms with Crippen LogP contribution in [0.1, 0.15) is 56.2 Å². The Kier molecular flexibility index (Phi) is 9.42. The quantitative estimate of drug-likeness (QED) is 0.564. The van der Waals surface area contributed by atoms with Gasteiger partial charge in [-0.15, -0.1) is 0 Å². The molecular formula is C25H34N2O2. The lowest BCUT2D eigenvalue weighted by Gasteiger charge is -2.32. The van der Waals surface area contributed by atoms with Gasteiger partial charge in [0.25, 0.3) is 0 Å². The summed E-state index contributed by atoms with van der Waals surface area (Å²) in [6.45, 7) is 7.23. The highest BCUT2D eigenvalue weighted by Crippen LogP contribution is 2.18. The summed E-state index contributed by atoms with van der Waals surface area (Å²) in [5, 5.41) is 3.05. The number of rotatable bonds is 11. The van der Waals surface area contributed by atoms with E-state index in [2.05, 4.69) is 12.2 Å². The number of nitrogens with zero attached hydrogens (tertiary/aromatic N) is 1. The van der Waals surface area contributed by atoms with Crippen LogP contribution < -0.4 is 5.32 Å². The predicted molar refractivity (Wildman–Crippen MR) is 118 cm³/mol. The highest BCUT2D eigenvalue weighted by atomic mass is 16.2. The number of nitrogens with one attached hydrogen (secondary N) is 1. The van der Waals surface area contributed by atoms with Gasteiger partial charge in [0.2, 0.25) is 11.8 Å². The van der Waals surface area contributed by atoms with Gasteiger partial charge < -0.3 is 10.2 Å². The molecule has 0 saturated heterocycles. The molecule has 156 valence electrons. The minimum absolute atomic E-state index is 0.0299. The van der Waals surface area contributed by atoms with Crippen molar-refractivity contribution in [2.75, 3.05) is 6.54 Å². The van der Waals surface area contributed by atoms with Gasteiger partial charge in [-0.3, -0.25) is 9.59 Å². The maximum Gasteiger partial charge on any atom is 0.243 e. The van der Waals surface area contributed by atoms with Crippen LogP contribution in [0.25, 0.3) is 0 Å². The first kappa shape index (κ1) is 22.7. The minimum Gasteiger partial charge on any atom is -0.354 e. The average Bonchev–Trinajstić information content (AvgIpc) is 2.73. The second-order valence-electron chi connectivity index (χ2n) is 7.55. The molecule has 0 aliphatic heterocycles. The third-order valence-corrected chi connectivity index (χ3v) is 5.17. The molecule has 0 radical (unpaired) electrons. The molecular weight excluding hydrogens is 360 g/mol. The van der Waals surface area contributed by atoms with E-state index in [9.17, 15) is 9.59 Å². The highest BCUT2D eigenvalue weighted by Gasteiger charge is 2.29. The number of benzene rings is 2. The Morgan fingerprint density at radius 3 is 2.31 bits per heavy atom. The predicted octanol–water partition coefficient (Wildman–Crippen LogP) is 4.65. The molecule has 2 rings (SSSR count). The minimum atomic E-state index is -0.520. The largest absolute Gasteiger partial charge is 0.354 e. The van der Waals surface area contributed by atoms with Crippen molar-refractivity contribution >= 4 is 11.8 Å². The molecule has 1 atom stereocenters. The Morgan fingerprint density at radius 2 is 1.66 bits per heavy atom. The van der Waals surface area contributed by atoms with Gasteiger partial charge in [-0.2, -0.15) is 0 Å². The molecule has 2 aromatic carbocycles. The van der Waals surface area contributed by atoms with E-state index < -0.39 is 6.04 Å². The SMILES string of the molecule is CCCCNC(=O)[C@@H](Cc1ccccc1)N(Cc1ccccc1C)C(=O)CCC. The lowest BCUT2D eigenvalue weighted by Crippen LogP contribution is -2.50. The molecule has 0 aliphatic rings. The summed E-state index contributed by atoms with van der Waals surface area (Å²) in [7, 11) is 0. The zero-order valence-electron chi connectivity index (χ0n) is 18.0. The first-order chi connectivity index (χ1) is 14.1. The highest BCUT2D eigenvalue weighted by molar-refractivity contribution is 5.88. The van der Waals surface area contributed by atoms with Crippen molar-refractivity contribution in [1.82, 2.24) is 10.2 Å². The Morgan fingerprint density at radius 1 is 0.966 bits per heavy atom. The lowest BCUT2D eigenvalue weighted by atomic mass is 10.0. The second kappa shape index (κ2) is 12.1. The van der Waals surface area contributed by atoms with Gasteiger partial charge in [0.05, 0.1) is 0 Å². The number of carbonyl (C=O) groups is 2. The molecule has 4 heteroatoms. The molecule has 0 fully saturated rings. The van der Waals surface area contributed by atoms with Crippen LogP contribution in [0.5, 0.6) is 0 Å². The van der Waals surface area contributed by atoms with Crippen LogP contribution in [0.4, 0.5) is 0 Å². The number of aryl methyl sites for hydroxylation is 1. The molecule has 0 spiro atoms. The first-order valence-electron chi connectivity index (χ1n) is 10.7. The van der Waals surface area contributed by atoms with Crippen molar-refractivity contribution in [1.29, 1.82) is 0 Å². The van der Waals surface area contributed by atoms with Crippen LogP contribution >= 0.6 is 0 Å². The van der Waals surface area contributed by atoms with Gasteiger partial charge in [0, 0.05) is 25.9 Å². The number of hydrogen-bond acceptors (Lipinski definition) is 2. The third kappa shape index (κ3) is 7.04. The van der Waals surface area contributed by atoms with Crippen molar-refractivity contribution < 1.29 is 9.59 Å². The summed E-state index contributed by atoms with van der Waals surface area (Å²) in [5.74, 6) is -0.0392. The van der Waals surface area contributed by atoms with E-state index in [-0.39, 0.29) is 11.8 Å². The number of carbonyl (C=O) groups excluding carboxylic acids is 2. The van der Waals surface area contributed by atoms with Crippen molar-refractivity contribution in [3.63, 3.8) is 0 Å². The number of unbranched alkanes of at least 4 members (excludes halogenated alkanes) is 1. The smallest absolute Gasteiger partial charge is 0.243 e. The number of hydrogen-bond donors (Lipinski definition) is 1. The Labute approximate surface area is 175 Å². The van der Waals surface area contributed by atoms with E-state index in [1.165, 1.54) is 0 Å². The Balaban J connectivity index is 2.33. The van der Waals surface area contributed by atoms with E-state index >= 15 is 0 Å². The summed E-state index contributed by atoms with van der Waals surface area (Å²) < 4.78 is 0. The third-order valence-electron chi connectivity index (χ3n) is 5.17. The van der Waals surface area contributed by atoms with E-state index in [0.717, 1.165) is 36.0 Å². The Bertz CT molecular complexity index is 773. The standard InChI is InChI=1S/C25H34N2O2/c1-4-6-17-26-25(29)23(18-21-14-8-7-9-15-21)27(24(28)12-5-2)19-22-16-11-10-13-20(22)3/h7-11,13-16,23H,4-6,12,17-19H2,1-3H3,(H,26,29)/t23-/m1/s1. The van der Waals surface area contributed by atoms with Gasteiger partial charge in [-0.05, 0) is 36.5 Å². The van der Waals surface area contributed by atoms with Crippen LogP contribution in [-0.2, 0) is 22.6 Å². The zero-order valence-corrected chi connectivity index (χ0v) is 18.0. The van der Waals surface area contributed by atoms with Crippen molar-refractivity contribution in [2.45, 2.75) is 65.5 Å². The molecule has 0 saturated carbocycles. The van der Waals surface area contributed by atoms with Crippen LogP contribution in [0.15, 0.2) is 54.6 Å². The normalized spacial score (nSPS) is 11.7. The molecule has 0 heterocycles. The van der Waals surface area contributed by atoms with E-state index in [4.69, 9.17) is 0 Å². The maximum atomic E-state index is 13.1. The summed E-state index contributed by atoms with van der Waals surface area (Å²) >= 11 is 0. The summed E-state index contributed by atoms with van der Waals surface area (Å²) in [6, 6.07) is 17.5. The van der Waals surface area contributed by atoms with E-state index in [1.807, 2.05) is 68.4 Å². The van der Waals surface area contributed by atoms with Crippen molar-refractivity contribution in [2.24, 2.45) is 0 Å². The molecule has 29 heavy (non-hydrogen) atoms. The zero-order chi connectivity index (χ0) is 21.1. The number of amides is 2. The lowest BCUT2D eigenvalue weighted by molar-refractivity contribution is -0.141. The molecule has 0 aliphatic carbocycles.